The molecule has 0 aliphatic rings. The van der Waals surface area contributed by atoms with E-state index in [-0.39, 0.29) is 11.8 Å². The number of hydrogen-bond donors (Lipinski definition) is 2. The summed E-state index contributed by atoms with van der Waals surface area (Å²) in [6, 6.07) is 15.0. The van der Waals surface area contributed by atoms with E-state index in [1.54, 1.807) is 6.07 Å². The van der Waals surface area contributed by atoms with E-state index >= 15 is 0 Å². The number of benzene rings is 2. The Morgan fingerprint density at radius 3 is 2.61 bits per heavy atom. The van der Waals surface area contributed by atoms with Crippen molar-refractivity contribution in [2.24, 2.45) is 0 Å². The molecule has 116 valence electrons. The second-order valence-corrected chi connectivity index (χ2v) is 6.12. The molecule has 0 unspecified atom stereocenters. The lowest BCUT2D eigenvalue weighted by Crippen LogP contribution is -2.13. The number of nitrogens with one attached hydrogen (secondary N) is 2. The minimum absolute atomic E-state index is 0.0997. The van der Waals surface area contributed by atoms with Gasteiger partial charge in [-0.3, -0.25) is 9.59 Å². The van der Waals surface area contributed by atoms with Crippen molar-refractivity contribution in [3.05, 3.63) is 54.1 Å². The number of hydrogen-bond acceptors (Lipinski definition) is 4. The van der Waals surface area contributed by atoms with Gasteiger partial charge in [-0.05, 0) is 23.8 Å². The summed E-state index contributed by atoms with van der Waals surface area (Å²) in [6.07, 6.45) is 0.313. The zero-order valence-electron chi connectivity index (χ0n) is 12.5. The van der Waals surface area contributed by atoms with Gasteiger partial charge in [0.2, 0.25) is 11.8 Å². The zero-order chi connectivity index (χ0) is 16.2. The molecule has 0 bridgehead atoms. The molecule has 0 saturated carbocycles. The summed E-state index contributed by atoms with van der Waals surface area (Å²) >= 11 is 1.38. The summed E-state index contributed by atoms with van der Waals surface area (Å²) in [7, 11) is 0. The van der Waals surface area contributed by atoms with Crippen LogP contribution in [0.5, 0.6) is 0 Å². The fraction of sp³-hybridized carbons (Fsp3) is 0.118. The van der Waals surface area contributed by atoms with Crippen LogP contribution in [0, 0.1) is 0 Å². The smallest absolute Gasteiger partial charge is 0.230 e. The van der Waals surface area contributed by atoms with Gasteiger partial charge in [0.1, 0.15) is 0 Å². The lowest BCUT2D eigenvalue weighted by Gasteiger charge is -2.01. The third kappa shape index (κ3) is 3.92. The van der Waals surface area contributed by atoms with E-state index in [1.807, 2.05) is 42.5 Å². The molecule has 6 heteroatoms. The molecule has 1 aromatic heterocycles. The standard InChI is InChI=1S/C17H15N3O2S/c1-11(21)18-13-7-8-14-15(10-13)23-17(19-14)20-16(22)9-12-5-3-2-4-6-12/h2-8,10H,9H2,1H3,(H,18,21)(H,19,20,22). The Kier molecular flexibility index (Phi) is 4.34. The molecule has 0 aliphatic heterocycles. The van der Waals surface area contributed by atoms with E-state index in [1.165, 1.54) is 18.3 Å². The van der Waals surface area contributed by atoms with Crippen LogP contribution in [0.15, 0.2) is 48.5 Å². The van der Waals surface area contributed by atoms with Crippen LogP contribution in [0.1, 0.15) is 12.5 Å². The normalized spacial score (nSPS) is 10.5. The Hall–Kier alpha value is -2.73. The van der Waals surface area contributed by atoms with E-state index in [0.717, 1.165) is 21.5 Å². The number of rotatable bonds is 4. The monoisotopic (exact) mass is 325 g/mol. The molecule has 2 amide bonds. The first-order chi connectivity index (χ1) is 11.1. The third-order valence-corrected chi connectivity index (χ3v) is 4.10. The average Bonchev–Trinajstić information content (AvgIpc) is 2.88. The van der Waals surface area contributed by atoms with E-state index in [4.69, 9.17) is 0 Å². The van der Waals surface area contributed by atoms with Crippen LogP contribution >= 0.6 is 11.3 Å². The number of carbonyl (C=O) groups is 2. The van der Waals surface area contributed by atoms with Gasteiger partial charge in [-0.2, -0.15) is 0 Å². The van der Waals surface area contributed by atoms with Gasteiger partial charge in [0.05, 0.1) is 16.6 Å². The maximum Gasteiger partial charge on any atom is 0.230 e. The van der Waals surface area contributed by atoms with Gasteiger partial charge in [-0.25, -0.2) is 4.98 Å². The fourth-order valence-electron chi connectivity index (χ4n) is 2.20. The van der Waals surface area contributed by atoms with Crippen molar-refractivity contribution in [1.29, 1.82) is 0 Å². The highest BCUT2D eigenvalue weighted by atomic mass is 32.1. The van der Waals surface area contributed by atoms with Crippen molar-refractivity contribution in [3.8, 4) is 0 Å². The Balaban J connectivity index is 1.73. The van der Waals surface area contributed by atoms with Gasteiger partial charge in [-0.1, -0.05) is 41.7 Å². The topological polar surface area (TPSA) is 71.1 Å². The summed E-state index contributed by atoms with van der Waals surface area (Å²) in [4.78, 5) is 27.6. The quantitative estimate of drug-likeness (QED) is 0.772. The molecule has 3 aromatic rings. The minimum atomic E-state index is -0.120. The number of thiazole rings is 1. The Morgan fingerprint density at radius 1 is 1.09 bits per heavy atom. The maximum atomic E-state index is 12.1. The predicted molar refractivity (Wildman–Crippen MR) is 92.7 cm³/mol. The minimum Gasteiger partial charge on any atom is -0.326 e. The van der Waals surface area contributed by atoms with Crippen LogP contribution < -0.4 is 10.6 Å². The van der Waals surface area contributed by atoms with Crippen LogP contribution in [-0.2, 0) is 16.0 Å². The van der Waals surface area contributed by atoms with Gasteiger partial charge >= 0.3 is 0 Å². The average molecular weight is 325 g/mol. The summed E-state index contributed by atoms with van der Waals surface area (Å²) in [5.41, 5.74) is 2.47. The first-order valence-corrected chi connectivity index (χ1v) is 7.94. The largest absolute Gasteiger partial charge is 0.326 e. The van der Waals surface area contributed by atoms with E-state index < -0.39 is 0 Å². The molecule has 23 heavy (non-hydrogen) atoms. The molecule has 2 N–H and O–H groups in total. The molecular formula is C17H15N3O2S. The Morgan fingerprint density at radius 2 is 1.87 bits per heavy atom. The first kappa shape index (κ1) is 15.2. The number of amides is 2. The molecule has 0 aliphatic carbocycles. The van der Waals surface area contributed by atoms with Crippen molar-refractivity contribution < 1.29 is 9.59 Å². The summed E-state index contributed by atoms with van der Waals surface area (Å²) in [5.74, 6) is -0.220. The SMILES string of the molecule is CC(=O)Nc1ccc2nc(NC(=O)Cc3ccccc3)sc2c1. The Labute approximate surface area is 137 Å². The summed E-state index contributed by atoms with van der Waals surface area (Å²) in [6.45, 7) is 1.46. The van der Waals surface area contributed by atoms with Crippen molar-refractivity contribution in [2.75, 3.05) is 10.6 Å². The second-order valence-electron chi connectivity index (χ2n) is 5.09. The molecule has 1 heterocycles. The molecule has 5 nitrogen and oxygen atoms in total. The van der Waals surface area contributed by atoms with Crippen LogP contribution in [0.3, 0.4) is 0 Å². The molecule has 0 atom stereocenters. The molecule has 0 saturated heterocycles. The molecule has 0 spiro atoms. The van der Waals surface area contributed by atoms with E-state index in [0.29, 0.717) is 11.6 Å². The van der Waals surface area contributed by atoms with E-state index in [9.17, 15) is 9.59 Å². The highest BCUT2D eigenvalue weighted by molar-refractivity contribution is 7.22. The van der Waals surface area contributed by atoms with Gasteiger partial charge in [0.25, 0.3) is 0 Å². The zero-order valence-corrected chi connectivity index (χ0v) is 13.3. The molecular weight excluding hydrogens is 310 g/mol. The number of anilines is 2. The lowest BCUT2D eigenvalue weighted by atomic mass is 10.1. The van der Waals surface area contributed by atoms with Crippen molar-refractivity contribution in [2.45, 2.75) is 13.3 Å². The number of aromatic nitrogens is 1. The van der Waals surface area contributed by atoms with Gasteiger partial charge in [-0.15, -0.1) is 0 Å². The summed E-state index contributed by atoms with van der Waals surface area (Å²) < 4.78 is 0.909. The van der Waals surface area contributed by atoms with Crippen LogP contribution in [0.4, 0.5) is 10.8 Å². The number of carbonyl (C=O) groups excluding carboxylic acids is 2. The molecule has 3 rings (SSSR count). The van der Waals surface area contributed by atoms with Crippen LogP contribution in [-0.4, -0.2) is 16.8 Å². The third-order valence-electron chi connectivity index (χ3n) is 3.16. The molecule has 0 fully saturated rings. The van der Waals surface area contributed by atoms with Crippen molar-refractivity contribution in [1.82, 2.24) is 4.98 Å². The molecule has 2 aromatic carbocycles. The van der Waals surface area contributed by atoms with Crippen molar-refractivity contribution in [3.63, 3.8) is 0 Å². The lowest BCUT2D eigenvalue weighted by molar-refractivity contribution is -0.116. The van der Waals surface area contributed by atoms with Gasteiger partial charge in [0, 0.05) is 12.6 Å². The van der Waals surface area contributed by atoms with Gasteiger partial charge < -0.3 is 10.6 Å². The van der Waals surface area contributed by atoms with Crippen LogP contribution in [0.25, 0.3) is 10.2 Å². The molecule has 0 radical (unpaired) electrons. The first-order valence-electron chi connectivity index (χ1n) is 7.12. The Bertz CT molecular complexity index is 859. The predicted octanol–water partition coefficient (Wildman–Crippen LogP) is 3.44. The number of nitrogens with zero attached hydrogens (tertiary/aromatic N) is 1. The highest BCUT2D eigenvalue weighted by Gasteiger charge is 2.09. The maximum absolute atomic E-state index is 12.1. The fourth-order valence-corrected chi connectivity index (χ4v) is 3.13. The van der Waals surface area contributed by atoms with Crippen LogP contribution in [0.2, 0.25) is 0 Å². The van der Waals surface area contributed by atoms with Crippen molar-refractivity contribution >= 4 is 44.2 Å². The second kappa shape index (κ2) is 6.58. The number of fused-ring (bicyclic) bond motifs is 1. The summed E-state index contributed by atoms with van der Waals surface area (Å²) in [5, 5.41) is 6.11. The highest BCUT2D eigenvalue weighted by Crippen LogP contribution is 2.28. The van der Waals surface area contributed by atoms with E-state index in [2.05, 4.69) is 15.6 Å². The van der Waals surface area contributed by atoms with Gasteiger partial charge in [0.15, 0.2) is 5.13 Å².